The summed E-state index contributed by atoms with van der Waals surface area (Å²) in [6.45, 7) is 1.45. The molecule has 0 aliphatic carbocycles. The minimum absolute atomic E-state index is 0.212. The number of nitriles is 1. The van der Waals surface area contributed by atoms with Crippen LogP contribution >= 0.6 is 0 Å². The van der Waals surface area contributed by atoms with Crippen LogP contribution < -0.4 is 4.90 Å². The summed E-state index contributed by atoms with van der Waals surface area (Å²) in [4.78, 5) is 12.5. The molecular weight excluding hydrogens is 204 g/mol. The zero-order valence-corrected chi connectivity index (χ0v) is 8.76. The van der Waals surface area contributed by atoms with E-state index in [1.807, 2.05) is 23.1 Å². The Kier molecular flexibility index (Phi) is 2.78. The van der Waals surface area contributed by atoms with Gasteiger partial charge in [-0.2, -0.15) is 5.26 Å². The van der Waals surface area contributed by atoms with Crippen LogP contribution in [0, 0.1) is 17.2 Å². The molecule has 1 aliphatic rings. The Morgan fingerprint density at radius 1 is 1.50 bits per heavy atom. The van der Waals surface area contributed by atoms with E-state index in [0.717, 1.165) is 18.8 Å². The molecule has 1 N–H and O–H groups in total. The average Bonchev–Trinajstić information content (AvgIpc) is 2.22. The van der Waals surface area contributed by atoms with E-state index in [9.17, 15) is 4.79 Å². The number of hydrogen-bond donors (Lipinski definition) is 1. The standard InChI is InChI=1S/C12H12N2O2/c13-6-10-3-1-2-4-11(10)14-7-9(8-14)5-12(15)16/h1-4,9H,5,7-8H2,(H,15,16). The number of carboxylic acids is 1. The SMILES string of the molecule is N#Cc1ccccc1N1CC(CC(=O)O)C1. The van der Waals surface area contributed by atoms with Gasteiger partial charge < -0.3 is 10.0 Å². The van der Waals surface area contributed by atoms with Gasteiger partial charge in [0.1, 0.15) is 6.07 Å². The van der Waals surface area contributed by atoms with Crippen molar-refractivity contribution >= 4 is 11.7 Å². The third-order valence-corrected chi connectivity index (χ3v) is 2.79. The molecule has 4 heteroatoms. The Balaban J connectivity index is 2.02. The second-order valence-electron chi connectivity index (χ2n) is 4.00. The van der Waals surface area contributed by atoms with Crippen LogP contribution in [0.15, 0.2) is 24.3 Å². The number of anilines is 1. The Labute approximate surface area is 93.7 Å². The fraction of sp³-hybridized carbons (Fsp3) is 0.333. The molecule has 1 heterocycles. The number of nitrogens with zero attached hydrogens (tertiary/aromatic N) is 2. The number of benzene rings is 1. The molecule has 0 unspecified atom stereocenters. The first-order chi connectivity index (χ1) is 7.70. The van der Waals surface area contributed by atoms with Gasteiger partial charge in [0.05, 0.1) is 17.7 Å². The van der Waals surface area contributed by atoms with Gasteiger partial charge in [0.2, 0.25) is 0 Å². The van der Waals surface area contributed by atoms with E-state index in [1.165, 1.54) is 0 Å². The van der Waals surface area contributed by atoms with Crippen molar-refractivity contribution in [3.8, 4) is 6.07 Å². The summed E-state index contributed by atoms with van der Waals surface area (Å²) >= 11 is 0. The Morgan fingerprint density at radius 3 is 2.81 bits per heavy atom. The zero-order valence-electron chi connectivity index (χ0n) is 8.76. The number of hydrogen-bond acceptors (Lipinski definition) is 3. The molecule has 0 radical (unpaired) electrons. The molecule has 4 nitrogen and oxygen atoms in total. The van der Waals surface area contributed by atoms with Crippen LogP contribution in [0.5, 0.6) is 0 Å². The molecule has 1 aromatic rings. The van der Waals surface area contributed by atoms with Gasteiger partial charge in [-0.1, -0.05) is 12.1 Å². The molecule has 2 rings (SSSR count). The maximum Gasteiger partial charge on any atom is 0.303 e. The van der Waals surface area contributed by atoms with Crippen molar-refractivity contribution < 1.29 is 9.90 Å². The summed E-state index contributed by atoms with van der Waals surface area (Å²) in [5.41, 5.74) is 1.56. The summed E-state index contributed by atoms with van der Waals surface area (Å²) in [6, 6.07) is 9.54. The highest BCUT2D eigenvalue weighted by Gasteiger charge is 2.29. The molecule has 1 saturated heterocycles. The molecule has 1 aromatic carbocycles. The first-order valence-electron chi connectivity index (χ1n) is 5.16. The quantitative estimate of drug-likeness (QED) is 0.831. The van der Waals surface area contributed by atoms with Crippen molar-refractivity contribution in [2.45, 2.75) is 6.42 Å². The smallest absolute Gasteiger partial charge is 0.303 e. The molecule has 1 fully saturated rings. The fourth-order valence-electron chi connectivity index (χ4n) is 1.99. The van der Waals surface area contributed by atoms with E-state index in [2.05, 4.69) is 6.07 Å². The van der Waals surface area contributed by atoms with E-state index in [4.69, 9.17) is 10.4 Å². The highest BCUT2D eigenvalue weighted by molar-refractivity contribution is 5.68. The summed E-state index contributed by atoms with van der Waals surface area (Å²) in [7, 11) is 0. The highest BCUT2D eigenvalue weighted by atomic mass is 16.4. The first-order valence-corrected chi connectivity index (χ1v) is 5.16. The summed E-state index contributed by atoms with van der Waals surface area (Å²) in [5.74, 6) is -0.539. The average molecular weight is 216 g/mol. The lowest BCUT2D eigenvalue weighted by molar-refractivity contribution is -0.138. The van der Waals surface area contributed by atoms with Crippen LogP contribution in [0.3, 0.4) is 0 Å². The maximum atomic E-state index is 10.5. The normalized spacial score (nSPS) is 15.3. The molecule has 1 aliphatic heterocycles. The number of carboxylic acid groups (broad SMARTS) is 1. The Bertz CT molecular complexity index is 445. The lowest BCUT2D eigenvalue weighted by atomic mass is 9.95. The van der Waals surface area contributed by atoms with E-state index in [0.29, 0.717) is 5.56 Å². The van der Waals surface area contributed by atoms with Crippen LogP contribution in [0.25, 0.3) is 0 Å². The summed E-state index contributed by atoms with van der Waals surface area (Å²) in [6.07, 6.45) is 0.214. The van der Waals surface area contributed by atoms with Gasteiger partial charge in [-0.15, -0.1) is 0 Å². The van der Waals surface area contributed by atoms with Crippen molar-refractivity contribution in [3.63, 3.8) is 0 Å². The minimum atomic E-state index is -0.752. The minimum Gasteiger partial charge on any atom is -0.481 e. The predicted molar refractivity (Wildman–Crippen MR) is 59.1 cm³/mol. The van der Waals surface area contributed by atoms with Gasteiger partial charge in [0.25, 0.3) is 0 Å². The second-order valence-corrected chi connectivity index (χ2v) is 4.00. The number of aliphatic carboxylic acids is 1. The van der Waals surface area contributed by atoms with E-state index >= 15 is 0 Å². The van der Waals surface area contributed by atoms with Crippen LogP contribution in [0.2, 0.25) is 0 Å². The van der Waals surface area contributed by atoms with Crippen molar-refractivity contribution in [1.29, 1.82) is 5.26 Å². The number of rotatable bonds is 3. The van der Waals surface area contributed by atoms with Crippen LogP contribution in [0.1, 0.15) is 12.0 Å². The second kappa shape index (κ2) is 4.23. The van der Waals surface area contributed by atoms with Gasteiger partial charge in [-0.25, -0.2) is 0 Å². The number of para-hydroxylation sites is 1. The first kappa shape index (κ1) is 10.5. The van der Waals surface area contributed by atoms with Crippen LogP contribution in [-0.4, -0.2) is 24.2 Å². The monoisotopic (exact) mass is 216 g/mol. The van der Waals surface area contributed by atoms with Crippen molar-refractivity contribution in [1.82, 2.24) is 0 Å². The molecule has 0 saturated carbocycles. The number of carbonyl (C=O) groups is 1. The van der Waals surface area contributed by atoms with Gasteiger partial charge in [-0.05, 0) is 12.1 Å². The van der Waals surface area contributed by atoms with Crippen molar-refractivity contribution in [2.24, 2.45) is 5.92 Å². The highest BCUT2D eigenvalue weighted by Crippen LogP contribution is 2.28. The largest absolute Gasteiger partial charge is 0.481 e. The summed E-state index contributed by atoms with van der Waals surface area (Å²) < 4.78 is 0. The Morgan fingerprint density at radius 2 is 2.19 bits per heavy atom. The lowest BCUT2D eigenvalue weighted by Crippen LogP contribution is -2.47. The maximum absolute atomic E-state index is 10.5. The zero-order chi connectivity index (χ0) is 11.5. The van der Waals surface area contributed by atoms with Crippen molar-refractivity contribution in [2.75, 3.05) is 18.0 Å². The molecule has 0 spiro atoms. The van der Waals surface area contributed by atoms with E-state index < -0.39 is 5.97 Å². The summed E-state index contributed by atoms with van der Waals surface area (Å²) in [5, 5.41) is 17.6. The molecule has 0 bridgehead atoms. The third-order valence-electron chi connectivity index (χ3n) is 2.79. The van der Waals surface area contributed by atoms with E-state index in [1.54, 1.807) is 6.07 Å². The van der Waals surface area contributed by atoms with Gasteiger partial charge >= 0.3 is 5.97 Å². The Hall–Kier alpha value is -2.02. The topological polar surface area (TPSA) is 64.3 Å². The van der Waals surface area contributed by atoms with Crippen LogP contribution in [0.4, 0.5) is 5.69 Å². The molecule has 0 atom stereocenters. The molecule has 0 aromatic heterocycles. The lowest BCUT2D eigenvalue weighted by Gasteiger charge is -2.40. The van der Waals surface area contributed by atoms with Gasteiger partial charge in [0, 0.05) is 19.0 Å². The third kappa shape index (κ3) is 1.98. The molecule has 82 valence electrons. The molecule has 0 amide bonds. The van der Waals surface area contributed by atoms with Crippen LogP contribution in [-0.2, 0) is 4.79 Å². The molecular formula is C12H12N2O2. The van der Waals surface area contributed by atoms with Gasteiger partial charge in [0.15, 0.2) is 0 Å². The van der Waals surface area contributed by atoms with Gasteiger partial charge in [-0.3, -0.25) is 4.79 Å². The molecule has 16 heavy (non-hydrogen) atoms. The van der Waals surface area contributed by atoms with Crippen molar-refractivity contribution in [3.05, 3.63) is 29.8 Å². The predicted octanol–water partition coefficient (Wildman–Crippen LogP) is 1.47. The fourth-order valence-corrected chi connectivity index (χ4v) is 1.99. The van der Waals surface area contributed by atoms with E-state index in [-0.39, 0.29) is 12.3 Å².